The van der Waals surface area contributed by atoms with Crippen molar-refractivity contribution in [3.05, 3.63) is 120 Å². The van der Waals surface area contributed by atoms with Gasteiger partial charge in [0, 0.05) is 24.2 Å². The average Bonchev–Trinajstić information content (AvgIpc) is 3.31. The van der Waals surface area contributed by atoms with Crippen LogP contribution in [0.25, 0.3) is 5.69 Å². The van der Waals surface area contributed by atoms with Gasteiger partial charge in [0.05, 0.1) is 12.0 Å². The molecule has 2 nitrogen and oxygen atoms in total. The summed E-state index contributed by atoms with van der Waals surface area (Å²) in [6.45, 7) is 4.55. The Morgan fingerprint density at radius 3 is 1.60 bits per heavy atom. The normalized spacial score (nSPS) is 12.7. The molecule has 4 aromatic rings. The lowest BCUT2D eigenvalue weighted by Gasteiger charge is -2.26. The first-order valence-electron chi connectivity index (χ1n) is 10.5. The summed E-state index contributed by atoms with van der Waals surface area (Å²) in [6.07, 6.45) is 7.97. The summed E-state index contributed by atoms with van der Waals surface area (Å²) < 4.78 is 2.20. The van der Waals surface area contributed by atoms with E-state index in [9.17, 15) is 0 Å². The molecular weight excluding hydrogens is 388 g/mol. The molecule has 0 aliphatic carbocycles. The highest BCUT2D eigenvalue weighted by atomic mass is 35.5. The maximum absolute atomic E-state index is 4.36. The Balaban J connectivity index is 0.00000256. The first kappa shape index (κ1) is 21.9. The van der Waals surface area contributed by atoms with E-state index >= 15 is 0 Å². The van der Waals surface area contributed by atoms with Crippen molar-refractivity contribution in [3.63, 3.8) is 0 Å². The van der Waals surface area contributed by atoms with Gasteiger partial charge in [-0.25, -0.2) is 4.98 Å². The number of para-hydroxylation sites is 1. The molecule has 0 N–H and O–H groups in total. The Hall–Kier alpha value is -2.84. The summed E-state index contributed by atoms with van der Waals surface area (Å²) >= 11 is 0. The second-order valence-corrected chi connectivity index (χ2v) is 7.50. The molecule has 2 atom stereocenters. The zero-order valence-electron chi connectivity index (χ0n) is 17.6. The van der Waals surface area contributed by atoms with Crippen LogP contribution in [0.1, 0.15) is 60.8 Å². The van der Waals surface area contributed by atoms with Crippen molar-refractivity contribution < 1.29 is 0 Å². The van der Waals surface area contributed by atoms with E-state index in [2.05, 4.69) is 108 Å². The van der Waals surface area contributed by atoms with Gasteiger partial charge < -0.3 is 4.57 Å². The molecule has 1 heterocycles. The van der Waals surface area contributed by atoms with Gasteiger partial charge in [-0.15, -0.1) is 12.4 Å². The Labute approximate surface area is 186 Å². The average molecular weight is 417 g/mol. The Morgan fingerprint density at radius 1 is 0.700 bits per heavy atom. The van der Waals surface area contributed by atoms with Crippen molar-refractivity contribution in [1.29, 1.82) is 0 Å². The van der Waals surface area contributed by atoms with Crippen LogP contribution in [-0.2, 0) is 0 Å². The molecule has 0 radical (unpaired) electrons. The summed E-state index contributed by atoms with van der Waals surface area (Å²) in [5.41, 5.74) is 6.73. The van der Waals surface area contributed by atoms with Gasteiger partial charge in [-0.05, 0) is 35.1 Å². The number of hydrogen-bond donors (Lipinski definition) is 0. The summed E-state index contributed by atoms with van der Waals surface area (Å²) in [5, 5.41) is 0. The first-order chi connectivity index (χ1) is 14.3. The minimum absolute atomic E-state index is 0. The molecule has 4 rings (SSSR count). The van der Waals surface area contributed by atoms with Gasteiger partial charge in [-0.2, -0.15) is 0 Å². The molecule has 0 aliphatic rings. The molecule has 154 valence electrons. The lowest BCUT2D eigenvalue weighted by atomic mass is 9.82. The van der Waals surface area contributed by atoms with Crippen LogP contribution < -0.4 is 0 Å². The van der Waals surface area contributed by atoms with Crippen LogP contribution in [0.2, 0.25) is 0 Å². The van der Waals surface area contributed by atoms with E-state index in [0.717, 1.165) is 12.8 Å². The van der Waals surface area contributed by atoms with Crippen LogP contribution in [-0.4, -0.2) is 9.55 Å². The highest BCUT2D eigenvalue weighted by Crippen LogP contribution is 2.39. The van der Waals surface area contributed by atoms with E-state index in [1.807, 2.05) is 12.5 Å². The summed E-state index contributed by atoms with van der Waals surface area (Å²) in [5.74, 6) is 0.698. The maximum atomic E-state index is 4.36. The second-order valence-electron chi connectivity index (χ2n) is 7.50. The summed E-state index contributed by atoms with van der Waals surface area (Å²) in [6, 6.07) is 28.5. The van der Waals surface area contributed by atoms with Crippen LogP contribution in [0.3, 0.4) is 0 Å². The molecule has 3 aromatic carbocycles. The number of nitrogens with zero attached hydrogens (tertiary/aromatic N) is 2. The second kappa shape index (κ2) is 10.3. The summed E-state index contributed by atoms with van der Waals surface area (Å²) in [4.78, 5) is 4.36. The number of benzene rings is 3. The minimum atomic E-state index is 0. The van der Waals surface area contributed by atoms with Gasteiger partial charge in [0.1, 0.15) is 0 Å². The number of halogens is 1. The maximum Gasteiger partial charge on any atom is 0.0991 e. The molecule has 2 unspecified atom stereocenters. The van der Waals surface area contributed by atoms with Gasteiger partial charge >= 0.3 is 0 Å². The van der Waals surface area contributed by atoms with Crippen LogP contribution in [0.4, 0.5) is 0 Å². The van der Waals surface area contributed by atoms with E-state index in [1.54, 1.807) is 0 Å². The van der Waals surface area contributed by atoms with Gasteiger partial charge in [0.25, 0.3) is 0 Å². The number of imidazole rings is 1. The quantitative estimate of drug-likeness (QED) is 0.307. The fraction of sp³-hybridized carbons (Fsp3) is 0.222. The molecule has 0 aliphatic heterocycles. The molecule has 0 saturated carbocycles. The third kappa shape index (κ3) is 4.34. The van der Waals surface area contributed by atoms with Crippen LogP contribution in [0, 0.1) is 0 Å². The van der Waals surface area contributed by atoms with E-state index in [-0.39, 0.29) is 12.4 Å². The number of rotatable bonds is 7. The molecule has 3 heteroatoms. The van der Waals surface area contributed by atoms with E-state index in [0.29, 0.717) is 11.8 Å². The fourth-order valence-corrected chi connectivity index (χ4v) is 4.47. The Morgan fingerprint density at radius 2 is 1.20 bits per heavy atom. The van der Waals surface area contributed by atoms with Crippen LogP contribution >= 0.6 is 12.4 Å². The fourth-order valence-electron chi connectivity index (χ4n) is 4.47. The lowest BCUT2D eigenvalue weighted by molar-refractivity contribution is 0.739. The highest BCUT2D eigenvalue weighted by molar-refractivity contribution is 5.85. The number of aromatic nitrogens is 2. The van der Waals surface area contributed by atoms with Crippen molar-refractivity contribution in [1.82, 2.24) is 9.55 Å². The smallest absolute Gasteiger partial charge is 0.0991 e. The monoisotopic (exact) mass is 416 g/mol. The van der Waals surface area contributed by atoms with Gasteiger partial charge in [0.15, 0.2) is 0 Å². The largest absolute Gasteiger partial charge is 0.306 e. The third-order valence-corrected chi connectivity index (χ3v) is 5.83. The summed E-state index contributed by atoms with van der Waals surface area (Å²) in [7, 11) is 0. The standard InChI is InChI=1S/C27H28N2.ClH/c1-3-23(21-12-7-5-8-13-21)25-16-11-17-26(27(25)29-19-18-28-20-29)24(4-2)22-14-9-6-10-15-22;/h5-20,23-24H,3-4H2,1-2H3;1H. The van der Waals surface area contributed by atoms with Crippen molar-refractivity contribution in [2.24, 2.45) is 0 Å². The SMILES string of the molecule is CCC(c1ccccc1)c1cccc(C(CC)c2ccccc2)c1-n1ccnc1.Cl. The van der Waals surface area contributed by atoms with E-state index in [1.165, 1.54) is 27.9 Å². The lowest BCUT2D eigenvalue weighted by Crippen LogP contribution is -2.11. The number of hydrogen-bond acceptors (Lipinski definition) is 1. The molecular formula is C27H29ClN2. The van der Waals surface area contributed by atoms with Gasteiger partial charge in [0.2, 0.25) is 0 Å². The molecule has 0 fully saturated rings. The zero-order valence-corrected chi connectivity index (χ0v) is 18.4. The van der Waals surface area contributed by atoms with Crippen molar-refractivity contribution in [2.45, 2.75) is 38.5 Å². The topological polar surface area (TPSA) is 17.8 Å². The predicted octanol–water partition coefficient (Wildman–Crippen LogP) is 7.38. The Bertz CT molecular complexity index is 961. The third-order valence-electron chi connectivity index (χ3n) is 5.83. The first-order valence-corrected chi connectivity index (χ1v) is 10.5. The van der Waals surface area contributed by atoms with Crippen LogP contribution in [0.15, 0.2) is 97.6 Å². The van der Waals surface area contributed by atoms with E-state index < -0.39 is 0 Å². The van der Waals surface area contributed by atoms with Crippen molar-refractivity contribution in [2.75, 3.05) is 0 Å². The van der Waals surface area contributed by atoms with Gasteiger partial charge in [-0.1, -0.05) is 92.7 Å². The predicted molar refractivity (Wildman–Crippen MR) is 128 cm³/mol. The highest BCUT2D eigenvalue weighted by Gasteiger charge is 2.23. The van der Waals surface area contributed by atoms with Gasteiger partial charge in [-0.3, -0.25) is 0 Å². The van der Waals surface area contributed by atoms with E-state index in [4.69, 9.17) is 0 Å². The molecule has 0 spiro atoms. The molecule has 0 amide bonds. The van der Waals surface area contributed by atoms with Crippen LogP contribution in [0.5, 0.6) is 0 Å². The molecule has 1 aromatic heterocycles. The molecule has 30 heavy (non-hydrogen) atoms. The molecule has 0 bridgehead atoms. The zero-order chi connectivity index (χ0) is 20.1. The molecule has 0 saturated heterocycles. The van der Waals surface area contributed by atoms with Crippen molar-refractivity contribution >= 4 is 12.4 Å². The van der Waals surface area contributed by atoms with Crippen molar-refractivity contribution in [3.8, 4) is 5.69 Å². The minimum Gasteiger partial charge on any atom is -0.306 e. The Kier molecular flexibility index (Phi) is 7.48.